The van der Waals surface area contributed by atoms with Crippen molar-refractivity contribution in [2.45, 2.75) is 26.8 Å². The molecule has 1 rings (SSSR count). The van der Waals surface area contributed by atoms with Gasteiger partial charge in [-0.05, 0) is 32.5 Å². The molecular weight excluding hydrogens is 304 g/mol. The molecule has 0 unspecified atom stereocenters. The van der Waals surface area contributed by atoms with Gasteiger partial charge in [0.15, 0.2) is 0 Å². The summed E-state index contributed by atoms with van der Waals surface area (Å²) in [5.41, 5.74) is 0. The SMILES string of the molecule is CCN(CCS(=O)(=O)Oc1ccccc1)CC(=O)NC(C)C. The highest BCUT2D eigenvalue weighted by Gasteiger charge is 2.17. The highest BCUT2D eigenvalue weighted by molar-refractivity contribution is 7.87. The van der Waals surface area contributed by atoms with Crippen molar-refractivity contribution in [2.24, 2.45) is 0 Å². The van der Waals surface area contributed by atoms with Gasteiger partial charge in [-0.2, -0.15) is 8.42 Å². The van der Waals surface area contributed by atoms with Gasteiger partial charge in [0.2, 0.25) is 5.91 Å². The van der Waals surface area contributed by atoms with Crippen molar-refractivity contribution in [3.05, 3.63) is 30.3 Å². The van der Waals surface area contributed by atoms with Gasteiger partial charge in [0.1, 0.15) is 5.75 Å². The van der Waals surface area contributed by atoms with Gasteiger partial charge in [-0.3, -0.25) is 9.69 Å². The fourth-order valence-electron chi connectivity index (χ4n) is 1.82. The quantitative estimate of drug-likeness (QED) is 0.690. The molecule has 1 aromatic carbocycles. The Morgan fingerprint density at radius 1 is 1.27 bits per heavy atom. The van der Waals surface area contributed by atoms with Crippen molar-refractivity contribution >= 4 is 16.0 Å². The molecule has 0 aliphatic carbocycles. The van der Waals surface area contributed by atoms with E-state index in [0.717, 1.165) is 0 Å². The molecule has 1 aromatic rings. The predicted octanol–water partition coefficient (Wildman–Crippen LogP) is 1.24. The summed E-state index contributed by atoms with van der Waals surface area (Å²) in [7, 11) is -3.67. The van der Waals surface area contributed by atoms with Crippen LogP contribution in [-0.2, 0) is 14.9 Å². The molecule has 0 atom stereocenters. The molecule has 0 aliphatic rings. The van der Waals surface area contributed by atoms with Crippen molar-refractivity contribution in [3.8, 4) is 5.75 Å². The molecule has 22 heavy (non-hydrogen) atoms. The van der Waals surface area contributed by atoms with Gasteiger partial charge < -0.3 is 9.50 Å². The number of benzene rings is 1. The first-order chi connectivity index (χ1) is 10.3. The molecule has 6 nitrogen and oxygen atoms in total. The number of carbonyl (C=O) groups excluding carboxylic acids is 1. The second-order valence-corrected chi connectivity index (χ2v) is 6.94. The molecule has 0 radical (unpaired) electrons. The molecule has 0 spiro atoms. The monoisotopic (exact) mass is 328 g/mol. The van der Waals surface area contributed by atoms with Gasteiger partial charge in [0.25, 0.3) is 0 Å². The summed E-state index contributed by atoms with van der Waals surface area (Å²) in [6.07, 6.45) is 0. The van der Waals surface area contributed by atoms with E-state index in [1.807, 2.05) is 20.8 Å². The number of hydrogen-bond acceptors (Lipinski definition) is 5. The Balaban J connectivity index is 2.49. The number of carbonyl (C=O) groups is 1. The molecule has 0 aliphatic heterocycles. The van der Waals surface area contributed by atoms with Gasteiger partial charge in [-0.25, -0.2) is 0 Å². The maximum atomic E-state index is 11.9. The molecule has 1 N–H and O–H groups in total. The zero-order chi connectivity index (χ0) is 16.6. The molecule has 0 saturated heterocycles. The molecule has 0 heterocycles. The van der Waals surface area contributed by atoms with Crippen LogP contribution in [0.1, 0.15) is 20.8 Å². The lowest BCUT2D eigenvalue weighted by atomic mass is 10.3. The Morgan fingerprint density at radius 3 is 2.45 bits per heavy atom. The third-order valence-corrected chi connectivity index (χ3v) is 4.02. The number of amides is 1. The molecular formula is C15H24N2O4S. The van der Waals surface area contributed by atoms with Gasteiger partial charge in [0.05, 0.1) is 12.3 Å². The average Bonchev–Trinajstić information content (AvgIpc) is 2.43. The van der Waals surface area contributed by atoms with E-state index in [1.165, 1.54) is 0 Å². The predicted molar refractivity (Wildman–Crippen MR) is 86.2 cm³/mol. The van der Waals surface area contributed by atoms with E-state index in [0.29, 0.717) is 12.3 Å². The summed E-state index contributed by atoms with van der Waals surface area (Å²) >= 11 is 0. The molecule has 1 amide bonds. The number of para-hydroxylation sites is 1. The van der Waals surface area contributed by atoms with Crippen LogP contribution >= 0.6 is 0 Å². The minimum atomic E-state index is -3.67. The fraction of sp³-hybridized carbons (Fsp3) is 0.533. The zero-order valence-corrected chi connectivity index (χ0v) is 14.1. The van der Waals surface area contributed by atoms with Crippen LogP contribution in [0.5, 0.6) is 5.75 Å². The number of nitrogens with one attached hydrogen (secondary N) is 1. The van der Waals surface area contributed by atoms with E-state index in [-0.39, 0.29) is 30.8 Å². The normalized spacial score (nSPS) is 11.7. The maximum Gasteiger partial charge on any atom is 0.310 e. The second kappa shape index (κ2) is 8.75. The molecule has 124 valence electrons. The number of rotatable bonds is 9. The Labute approximate surface area is 132 Å². The van der Waals surface area contributed by atoms with Gasteiger partial charge in [-0.15, -0.1) is 0 Å². The van der Waals surface area contributed by atoms with E-state index in [4.69, 9.17) is 4.18 Å². The van der Waals surface area contributed by atoms with Crippen molar-refractivity contribution in [3.63, 3.8) is 0 Å². The Bertz CT molecular complexity index is 558. The first-order valence-electron chi connectivity index (χ1n) is 7.31. The van der Waals surface area contributed by atoms with Crippen molar-refractivity contribution in [1.82, 2.24) is 10.2 Å². The summed E-state index contributed by atoms with van der Waals surface area (Å²) in [6, 6.07) is 8.44. The summed E-state index contributed by atoms with van der Waals surface area (Å²) < 4.78 is 28.9. The minimum Gasteiger partial charge on any atom is -0.382 e. The number of nitrogens with zero attached hydrogens (tertiary/aromatic N) is 1. The third kappa shape index (κ3) is 7.42. The summed E-state index contributed by atoms with van der Waals surface area (Å²) in [5.74, 6) is 0.0198. The lowest BCUT2D eigenvalue weighted by Gasteiger charge is -2.20. The van der Waals surface area contributed by atoms with Gasteiger partial charge in [0, 0.05) is 12.6 Å². The van der Waals surface area contributed by atoms with Crippen molar-refractivity contribution < 1.29 is 17.4 Å². The topological polar surface area (TPSA) is 75.7 Å². The summed E-state index contributed by atoms with van der Waals surface area (Å²) in [6.45, 7) is 6.66. The van der Waals surface area contributed by atoms with E-state index in [1.54, 1.807) is 35.2 Å². The van der Waals surface area contributed by atoms with E-state index >= 15 is 0 Å². The van der Waals surface area contributed by atoms with Gasteiger partial charge >= 0.3 is 10.1 Å². The Morgan fingerprint density at radius 2 is 1.91 bits per heavy atom. The van der Waals surface area contributed by atoms with E-state index < -0.39 is 10.1 Å². The van der Waals surface area contributed by atoms with E-state index in [9.17, 15) is 13.2 Å². The zero-order valence-electron chi connectivity index (χ0n) is 13.3. The summed E-state index contributed by atoms with van der Waals surface area (Å²) in [4.78, 5) is 13.5. The lowest BCUT2D eigenvalue weighted by molar-refractivity contribution is -0.122. The van der Waals surface area contributed by atoms with Crippen LogP contribution < -0.4 is 9.50 Å². The standard InChI is InChI=1S/C15H24N2O4S/c1-4-17(12-15(18)16-13(2)3)10-11-22(19,20)21-14-8-6-5-7-9-14/h5-9,13H,4,10-12H2,1-3H3,(H,16,18). The van der Waals surface area contributed by atoms with Crippen LogP contribution in [0.4, 0.5) is 0 Å². The first-order valence-corrected chi connectivity index (χ1v) is 8.89. The first kappa shape index (κ1) is 18.4. The van der Waals surface area contributed by atoms with Crippen molar-refractivity contribution in [2.75, 3.05) is 25.4 Å². The Hall–Kier alpha value is -1.60. The second-order valence-electron chi connectivity index (χ2n) is 5.25. The highest BCUT2D eigenvalue weighted by Crippen LogP contribution is 2.11. The van der Waals surface area contributed by atoms with Crippen LogP contribution in [-0.4, -0.2) is 50.7 Å². The molecule has 0 bridgehead atoms. The molecule has 0 saturated carbocycles. The number of likely N-dealkylation sites (N-methyl/N-ethyl adjacent to an activating group) is 1. The van der Waals surface area contributed by atoms with Crippen molar-refractivity contribution in [1.29, 1.82) is 0 Å². The highest BCUT2D eigenvalue weighted by atomic mass is 32.2. The minimum absolute atomic E-state index is 0.0661. The lowest BCUT2D eigenvalue weighted by Crippen LogP contribution is -2.41. The largest absolute Gasteiger partial charge is 0.382 e. The Kier molecular flexibility index (Phi) is 7.34. The molecule has 0 fully saturated rings. The fourth-order valence-corrected chi connectivity index (χ4v) is 2.79. The smallest absolute Gasteiger partial charge is 0.310 e. The molecule has 0 aromatic heterocycles. The van der Waals surface area contributed by atoms with Crippen LogP contribution in [0.2, 0.25) is 0 Å². The van der Waals surface area contributed by atoms with Gasteiger partial charge in [-0.1, -0.05) is 25.1 Å². The van der Waals surface area contributed by atoms with E-state index in [2.05, 4.69) is 5.32 Å². The van der Waals surface area contributed by atoms with Crippen LogP contribution in [0, 0.1) is 0 Å². The molecule has 7 heteroatoms. The number of hydrogen-bond donors (Lipinski definition) is 1. The maximum absolute atomic E-state index is 11.9. The average molecular weight is 328 g/mol. The van der Waals surface area contributed by atoms with Crippen LogP contribution in [0.3, 0.4) is 0 Å². The third-order valence-electron chi connectivity index (χ3n) is 2.89. The summed E-state index contributed by atoms with van der Waals surface area (Å²) in [5, 5.41) is 2.78. The van der Waals surface area contributed by atoms with Crippen LogP contribution in [0.15, 0.2) is 30.3 Å². The van der Waals surface area contributed by atoms with Crippen LogP contribution in [0.25, 0.3) is 0 Å².